The van der Waals surface area contributed by atoms with Gasteiger partial charge in [0.2, 0.25) is 0 Å². The standard InChI is InChI=1S/C15H20N4/c1-3-16-11-14-5-4-8-18-15(14)19(2)12-13-6-9-17-10-7-13/h4-10,16H,3,11-12H2,1-2H3. The molecule has 0 spiro atoms. The van der Waals surface area contributed by atoms with Gasteiger partial charge in [0.05, 0.1) is 0 Å². The third-order valence-electron chi connectivity index (χ3n) is 2.96. The molecule has 0 saturated heterocycles. The molecule has 4 nitrogen and oxygen atoms in total. The van der Waals surface area contributed by atoms with Gasteiger partial charge in [-0.25, -0.2) is 4.98 Å². The van der Waals surface area contributed by atoms with Crippen LogP contribution < -0.4 is 10.2 Å². The van der Waals surface area contributed by atoms with Gasteiger partial charge in [-0.15, -0.1) is 0 Å². The van der Waals surface area contributed by atoms with Crippen molar-refractivity contribution >= 4 is 5.82 Å². The summed E-state index contributed by atoms with van der Waals surface area (Å²) in [6, 6.07) is 8.16. The Morgan fingerprint density at radius 3 is 2.68 bits per heavy atom. The molecule has 0 aliphatic carbocycles. The maximum absolute atomic E-state index is 4.50. The predicted octanol–water partition coefficient (Wildman–Crippen LogP) is 2.22. The monoisotopic (exact) mass is 256 g/mol. The zero-order valence-corrected chi connectivity index (χ0v) is 11.5. The number of anilines is 1. The summed E-state index contributed by atoms with van der Waals surface area (Å²) < 4.78 is 0. The van der Waals surface area contributed by atoms with Crippen molar-refractivity contribution in [1.29, 1.82) is 0 Å². The Morgan fingerprint density at radius 2 is 1.95 bits per heavy atom. The summed E-state index contributed by atoms with van der Waals surface area (Å²) in [4.78, 5) is 10.7. The second kappa shape index (κ2) is 6.85. The summed E-state index contributed by atoms with van der Waals surface area (Å²) in [7, 11) is 2.07. The van der Waals surface area contributed by atoms with Crippen molar-refractivity contribution in [3.63, 3.8) is 0 Å². The van der Waals surface area contributed by atoms with Crippen LogP contribution in [-0.4, -0.2) is 23.6 Å². The van der Waals surface area contributed by atoms with Gasteiger partial charge in [0, 0.05) is 44.3 Å². The molecule has 0 atom stereocenters. The molecule has 0 aliphatic heterocycles. The first kappa shape index (κ1) is 13.5. The van der Waals surface area contributed by atoms with E-state index in [1.54, 1.807) is 0 Å². The summed E-state index contributed by atoms with van der Waals surface area (Å²) >= 11 is 0. The lowest BCUT2D eigenvalue weighted by Gasteiger charge is -2.21. The predicted molar refractivity (Wildman–Crippen MR) is 78.0 cm³/mol. The van der Waals surface area contributed by atoms with E-state index in [0.717, 1.165) is 25.5 Å². The average molecular weight is 256 g/mol. The Labute approximate surface area is 114 Å². The van der Waals surface area contributed by atoms with Crippen molar-refractivity contribution in [2.75, 3.05) is 18.5 Å². The zero-order valence-electron chi connectivity index (χ0n) is 11.5. The van der Waals surface area contributed by atoms with Crippen LogP contribution in [0.1, 0.15) is 18.1 Å². The van der Waals surface area contributed by atoms with Gasteiger partial charge >= 0.3 is 0 Å². The topological polar surface area (TPSA) is 41.1 Å². The van der Waals surface area contributed by atoms with Crippen molar-refractivity contribution in [3.05, 3.63) is 54.0 Å². The maximum atomic E-state index is 4.50. The van der Waals surface area contributed by atoms with Gasteiger partial charge in [0.25, 0.3) is 0 Å². The highest BCUT2D eigenvalue weighted by molar-refractivity contribution is 5.46. The van der Waals surface area contributed by atoms with Crippen molar-refractivity contribution < 1.29 is 0 Å². The Bertz CT molecular complexity index is 499. The quantitative estimate of drug-likeness (QED) is 0.860. The molecule has 2 rings (SSSR count). The molecule has 2 aromatic rings. The Morgan fingerprint density at radius 1 is 1.16 bits per heavy atom. The normalized spacial score (nSPS) is 10.4. The zero-order chi connectivity index (χ0) is 13.5. The fourth-order valence-electron chi connectivity index (χ4n) is 2.01. The number of hydrogen-bond acceptors (Lipinski definition) is 4. The summed E-state index contributed by atoms with van der Waals surface area (Å²) in [5.41, 5.74) is 2.46. The van der Waals surface area contributed by atoms with Crippen LogP contribution in [0, 0.1) is 0 Å². The Balaban J connectivity index is 2.12. The molecular formula is C15H20N4. The van der Waals surface area contributed by atoms with Crippen LogP contribution in [0.25, 0.3) is 0 Å². The van der Waals surface area contributed by atoms with Gasteiger partial charge in [0.1, 0.15) is 5.82 Å². The Hall–Kier alpha value is -1.94. The van der Waals surface area contributed by atoms with Gasteiger partial charge in [-0.2, -0.15) is 0 Å². The number of nitrogens with zero attached hydrogens (tertiary/aromatic N) is 3. The van der Waals surface area contributed by atoms with Crippen LogP contribution in [-0.2, 0) is 13.1 Å². The summed E-state index contributed by atoms with van der Waals surface area (Å²) in [6.07, 6.45) is 5.48. The SMILES string of the molecule is CCNCc1cccnc1N(C)Cc1ccncc1. The minimum Gasteiger partial charge on any atom is -0.355 e. The molecule has 0 unspecified atom stereocenters. The second-order valence-electron chi connectivity index (χ2n) is 4.48. The molecule has 4 heteroatoms. The molecule has 2 heterocycles. The molecule has 0 amide bonds. The van der Waals surface area contributed by atoms with Crippen LogP contribution in [0.15, 0.2) is 42.9 Å². The maximum Gasteiger partial charge on any atom is 0.133 e. The van der Waals surface area contributed by atoms with Crippen LogP contribution >= 0.6 is 0 Å². The first-order chi connectivity index (χ1) is 9.31. The molecule has 0 aromatic carbocycles. The molecule has 0 fully saturated rings. The first-order valence-corrected chi connectivity index (χ1v) is 6.56. The Kier molecular flexibility index (Phi) is 4.86. The summed E-state index contributed by atoms with van der Waals surface area (Å²) in [6.45, 7) is 4.75. The molecule has 100 valence electrons. The van der Waals surface area contributed by atoms with Crippen LogP contribution in [0.5, 0.6) is 0 Å². The highest BCUT2D eigenvalue weighted by atomic mass is 15.2. The van der Waals surface area contributed by atoms with E-state index < -0.39 is 0 Å². The molecule has 0 aliphatic rings. The number of hydrogen-bond donors (Lipinski definition) is 1. The third-order valence-corrected chi connectivity index (χ3v) is 2.96. The largest absolute Gasteiger partial charge is 0.355 e. The van der Waals surface area contributed by atoms with E-state index in [2.05, 4.69) is 40.2 Å². The molecule has 2 aromatic heterocycles. The lowest BCUT2D eigenvalue weighted by Crippen LogP contribution is -2.21. The third kappa shape index (κ3) is 3.76. The highest BCUT2D eigenvalue weighted by Gasteiger charge is 2.08. The summed E-state index contributed by atoms with van der Waals surface area (Å²) in [5, 5.41) is 3.35. The average Bonchev–Trinajstić information content (AvgIpc) is 2.46. The van der Waals surface area contributed by atoms with Gasteiger partial charge in [-0.05, 0) is 30.3 Å². The fraction of sp³-hybridized carbons (Fsp3) is 0.333. The smallest absolute Gasteiger partial charge is 0.133 e. The van der Waals surface area contributed by atoms with Crippen LogP contribution in [0.2, 0.25) is 0 Å². The van der Waals surface area contributed by atoms with Crippen molar-refractivity contribution in [1.82, 2.24) is 15.3 Å². The molecule has 19 heavy (non-hydrogen) atoms. The minimum atomic E-state index is 0.832. The van der Waals surface area contributed by atoms with Gasteiger partial charge in [-0.1, -0.05) is 13.0 Å². The van der Waals surface area contributed by atoms with E-state index in [4.69, 9.17) is 0 Å². The molecular weight excluding hydrogens is 236 g/mol. The lowest BCUT2D eigenvalue weighted by molar-refractivity contribution is 0.719. The molecule has 1 N–H and O–H groups in total. The molecule has 0 radical (unpaired) electrons. The van der Waals surface area contributed by atoms with E-state index in [-0.39, 0.29) is 0 Å². The number of aromatic nitrogens is 2. The number of nitrogens with one attached hydrogen (secondary N) is 1. The van der Waals surface area contributed by atoms with E-state index in [9.17, 15) is 0 Å². The van der Waals surface area contributed by atoms with Gasteiger partial charge in [0.15, 0.2) is 0 Å². The van der Waals surface area contributed by atoms with Crippen LogP contribution in [0.4, 0.5) is 5.82 Å². The van der Waals surface area contributed by atoms with E-state index >= 15 is 0 Å². The fourth-order valence-corrected chi connectivity index (χ4v) is 2.01. The van der Waals surface area contributed by atoms with E-state index in [1.165, 1.54) is 11.1 Å². The first-order valence-electron chi connectivity index (χ1n) is 6.56. The number of pyridine rings is 2. The second-order valence-corrected chi connectivity index (χ2v) is 4.48. The highest BCUT2D eigenvalue weighted by Crippen LogP contribution is 2.17. The molecule has 0 bridgehead atoms. The van der Waals surface area contributed by atoms with Crippen molar-refractivity contribution in [2.24, 2.45) is 0 Å². The number of rotatable bonds is 6. The summed E-state index contributed by atoms with van der Waals surface area (Å²) in [5.74, 6) is 1.03. The molecule has 0 saturated carbocycles. The van der Waals surface area contributed by atoms with E-state index in [1.807, 2.05) is 36.8 Å². The van der Waals surface area contributed by atoms with Gasteiger partial charge in [-0.3, -0.25) is 4.98 Å². The van der Waals surface area contributed by atoms with Crippen molar-refractivity contribution in [2.45, 2.75) is 20.0 Å². The minimum absolute atomic E-state index is 0.832. The van der Waals surface area contributed by atoms with E-state index in [0.29, 0.717) is 0 Å². The van der Waals surface area contributed by atoms with Gasteiger partial charge < -0.3 is 10.2 Å². The van der Waals surface area contributed by atoms with Crippen molar-refractivity contribution in [3.8, 4) is 0 Å². The lowest BCUT2D eigenvalue weighted by atomic mass is 10.2. The van der Waals surface area contributed by atoms with Crippen LogP contribution in [0.3, 0.4) is 0 Å².